The molecular weight excluding hydrogens is 444 g/mol. The second-order valence-corrected chi connectivity index (χ2v) is 8.65. The van der Waals surface area contributed by atoms with Crippen molar-refractivity contribution in [2.75, 3.05) is 16.6 Å². The zero-order chi connectivity index (χ0) is 23.8. The maximum absolute atomic E-state index is 12.7. The summed E-state index contributed by atoms with van der Waals surface area (Å²) in [4.78, 5) is 35.9. The summed E-state index contributed by atoms with van der Waals surface area (Å²) in [6.45, 7) is 0.0728. The van der Waals surface area contributed by atoms with Crippen LogP contribution in [0.2, 0.25) is 0 Å². The number of amides is 3. The molecule has 0 bridgehead atoms. The Labute approximate surface area is 191 Å². The largest absolute Gasteiger partial charge is 0.370 e. The van der Waals surface area contributed by atoms with Crippen molar-refractivity contribution in [1.82, 2.24) is 5.32 Å². The number of hydrogen-bond donors (Lipinski definition) is 4. The molecule has 0 fully saturated rings. The lowest BCUT2D eigenvalue weighted by Crippen LogP contribution is -2.28. The molecular formula is C23H22N4O5S. The Hall–Kier alpha value is -4.18. The van der Waals surface area contributed by atoms with Gasteiger partial charge in [0.05, 0.1) is 16.1 Å². The summed E-state index contributed by atoms with van der Waals surface area (Å²) < 4.78 is 27.5. The molecule has 0 saturated heterocycles. The van der Waals surface area contributed by atoms with Gasteiger partial charge in [0.2, 0.25) is 5.91 Å². The Balaban J connectivity index is 1.70. The van der Waals surface area contributed by atoms with Crippen LogP contribution in [0, 0.1) is 0 Å². The second kappa shape index (κ2) is 10.4. The number of rotatable bonds is 9. The molecule has 33 heavy (non-hydrogen) atoms. The average molecular weight is 467 g/mol. The molecule has 0 spiro atoms. The molecule has 5 N–H and O–H groups in total. The summed E-state index contributed by atoms with van der Waals surface area (Å²) in [5, 5.41) is 5.21. The Morgan fingerprint density at radius 2 is 1.42 bits per heavy atom. The molecule has 0 radical (unpaired) electrons. The number of carbonyl (C=O) groups is 3. The first kappa shape index (κ1) is 23.5. The molecule has 0 saturated carbocycles. The number of primary amides is 1. The van der Waals surface area contributed by atoms with Crippen LogP contribution in [0.1, 0.15) is 27.1 Å². The topological polar surface area (TPSA) is 147 Å². The Bertz CT molecular complexity index is 1260. The normalized spacial score (nSPS) is 10.8. The van der Waals surface area contributed by atoms with Crippen LogP contribution in [0.3, 0.4) is 0 Å². The highest BCUT2D eigenvalue weighted by Crippen LogP contribution is 2.19. The van der Waals surface area contributed by atoms with Gasteiger partial charge in [-0.15, -0.1) is 0 Å². The molecule has 3 rings (SSSR count). The van der Waals surface area contributed by atoms with E-state index in [0.29, 0.717) is 5.69 Å². The summed E-state index contributed by atoms with van der Waals surface area (Å²) in [5.41, 5.74) is 6.17. The third kappa shape index (κ3) is 6.40. The minimum atomic E-state index is -3.82. The van der Waals surface area contributed by atoms with E-state index in [2.05, 4.69) is 15.4 Å². The number of carbonyl (C=O) groups excluding carboxylic acids is 3. The van der Waals surface area contributed by atoms with E-state index in [1.54, 1.807) is 48.5 Å². The number of anilines is 2. The molecule has 10 heteroatoms. The van der Waals surface area contributed by atoms with Crippen molar-refractivity contribution < 1.29 is 22.8 Å². The van der Waals surface area contributed by atoms with Crippen LogP contribution in [-0.4, -0.2) is 32.7 Å². The molecule has 0 aromatic heterocycles. The zero-order valence-electron chi connectivity index (χ0n) is 17.4. The predicted octanol–water partition coefficient (Wildman–Crippen LogP) is 2.34. The van der Waals surface area contributed by atoms with Crippen molar-refractivity contribution in [2.45, 2.75) is 11.3 Å². The van der Waals surface area contributed by atoms with E-state index in [1.165, 1.54) is 30.3 Å². The van der Waals surface area contributed by atoms with Crippen molar-refractivity contribution in [2.24, 2.45) is 5.73 Å². The smallest absolute Gasteiger partial charge is 0.261 e. The Kier molecular flexibility index (Phi) is 7.42. The quantitative estimate of drug-likeness (QED) is 0.382. The van der Waals surface area contributed by atoms with E-state index in [-0.39, 0.29) is 34.7 Å². The molecule has 3 aromatic rings. The van der Waals surface area contributed by atoms with E-state index in [0.717, 1.165) is 0 Å². The minimum Gasteiger partial charge on any atom is -0.370 e. The van der Waals surface area contributed by atoms with Gasteiger partial charge in [-0.05, 0) is 48.5 Å². The number of nitrogens with two attached hydrogens (primary N) is 1. The van der Waals surface area contributed by atoms with Gasteiger partial charge in [0.15, 0.2) is 0 Å². The number of benzene rings is 3. The predicted molar refractivity (Wildman–Crippen MR) is 124 cm³/mol. The zero-order valence-corrected chi connectivity index (χ0v) is 18.3. The molecule has 9 nitrogen and oxygen atoms in total. The number of nitrogens with one attached hydrogen (secondary N) is 3. The van der Waals surface area contributed by atoms with Crippen LogP contribution in [0.4, 0.5) is 11.4 Å². The van der Waals surface area contributed by atoms with Gasteiger partial charge < -0.3 is 16.4 Å². The van der Waals surface area contributed by atoms with E-state index in [1.807, 2.05) is 0 Å². The van der Waals surface area contributed by atoms with Crippen molar-refractivity contribution in [1.29, 1.82) is 0 Å². The van der Waals surface area contributed by atoms with Crippen LogP contribution in [0.15, 0.2) is 83.8 Å². The van der Waals surface area contributed by atoms with Gasteiger partial charge in [-0.2, -0.15) is 0 Å². The highest BCUT2D eigenvalue weighted by atomic mass is 32.2. The van der Waals surface area contributed by atoms with Crippen LogP contribution in [0.25, 0.3) is 0 Å². The lowest BCUT2D eigenvalue weighted by Gasteiger charge is -2.12. The number of para-hydroxylation sites is 2. The first-order valence-electron chi connectivity index (χ1n) is 9.91. The molecule has 0 aliphatic heterocycles. The highest BCUT2D eigenvalue weighted by molar-refractivity contribution is 7.92. The fourth-order valence-electron chi connectivity index (χ4n) is 2.88. The van der Waals surface area contributed by atoms with Crippen LogP contribution >= 0.6 is 0 Å². The van der Waals surface area contributed by atoms with Gasteiger partial charge in [-0.1, -0.05) is 30.3 Å². The molecule has 0 heterocycles. The van der Waals surface area contributed by atoms with Crippen LogP contribution < -0.4 is 21.1 Å². The summed E-state index contributed by atoms with van der Waals surface area (Å²) >= 11 is 0. The van der Waals surface area contributed by atoms with E-state index >= 15 is 0 Å². The molecule has 170 valence electrons. The number of hydrogen-bond acceptors (Lipinski definition) is 5. The molecule has 0 atom stereocenters. The van der Waals surface area contributed by atoms with Crippen molar-refractivity contribution in [3.63, 3.8) is 0 Å². The summed E-state index contributed by atoms with van der Waals surface area (Å²) in [7, 11) is -3.82. The highest BCUT2D eigenvalue weighted by Gasteiger charge is 2.17. The third-order valence-corrected chi connectivity index (χ3v) is 5.93. The Morgan fingerprint density at radius 3 is 2.09 bits per heavy atom. The monoisotopic (exact) mass is 466 g/mol. The van der Waals surface area contributed by atoms with Gasteiger partial charge in [0.1, 0.15) is 0 Å². The van der Waals surface area contributed by atoms with E-state index in [4.69, 9.17) is 5.73 Å². The standard InChI is InChI=1S/C23H22N4O5S/c24-21(28)14-15-25-23(30)19-8-4-5-9-20(19)26-22(29)16-10-12-18(13-11-16)33(31,32)27-17-6-2-1-3-7-17/h1-13,27H,14-15H2,(H2,24,28)(H,25,30)(H,26,29). The van der Waals surface area contributed by atoms with Crippen molar-refractivity contribution in [3.05, 3.63) is 90.0 Å². The molecule has 3 amide bonds. The van der Waals surface area contributed by atoms with Crippen LogP contribution in [0.5, 0.6) is 0 Å². The van der Waals surface area contributed by atoms with Gasteiger partial charge in [-0.25, -0.2) is 8.42 Å². The van der Waals surface area contributed by atoms with Gasteiger partial charge in [0, 0.05) is 24.2 Å². The van der Waals surface area contributed by atoms with E-state index < -0.39 is 27.7 Å². The van der Waals surface area contributed by atoms with Gasteiger partial charge >= 0.3 is 0 Å². The maximum atomic E-state index is 12.7. The molecule has 3 aromatic carbocycles. The number of sulfonamides is 1. The fourth-order valence-corrected chi connectivity index (χ4v) is 3.94. The first-order valence-corrected chi connectivity index (χ1v) is 11.4. The van der Waals surface area contributed by atoms with Gasteiger partial charge in [0.25, 0.3) is 21.8 Å². The lowest BCUT2D eigenvalue weighted by molar-refractivity contribution is -0.117. The molecule has 0 aliphatic carbocycles. The average Bonchev–Trinajstić information content (AvgIpc) is 2.79. The summed E-state index contributed by atoms with van der Waals surface area (Å²) in [5.74, 6) is -1.53. The van der Waals surface area contributed by atoms with Crippen LogP contribution in [-0.2, 0) is 14.8 Å². The summed E-state index contributed by atoms with van der Waals surface area (Å²) in [6.07, 6.45) is -0.00531. The molecule has 0 unspecified atom stereocenters. The minimum absolute atomic E-state index is 0.00266. The van der Waals surface area contributed by atoms with Gasteiger partial charge in [-0.3, -0.25) is 19.1 Å². The summed E-state index contributed by atoms with van der Waals surface area (Å²) in [6, 6.07) is 20.2. The first-order chi connectivity index (χ1) is 15.8. The lowest BCUT2D eigenvalue weighted by atomic mass is 10.1. The Morgan fingerprint density at radius 1 is 0.788 bits per heavy atom. The second-order valence-electron chi connectivity index (χ2n) is 6.97. The molecule has 0 aliphatic rings. The van der Waals surface area contributed by atoms with Crippen molar-refractivity contribution >= 4 is 39.1 Å². The third-order valence-electron chi connectivity index (χ3n) is 4.53. The fraction of sp³-hybridized carbons (Fsp3) is 0.0870. The SMILES string of the molecule is NC(=O)CCNC(=O)c1ccccc1NC(=O)c1ccc(S(=O)(=O)Nc2ccccc2)cc1. The van der Waals surface area contributed by atoms with Crippen molar-refractivity contribution in [3.8, 4) is 0 Å². The van der Waals surface area contributed by atoms with E-state index in [9.17, 15) is 22.8 Å². The maximum Gasteiger partial charge on any atom is 0.261 e.